The molecular formula is C15H17F2N3O3. The number of aliphatic hydroxyl groups is 1. The van der Waals surface area contributed by atoms with Crippen molar-refractivity contribution in [1.29, 1.82) is 0 Å². The summed E-state index contributed by atoms with van der Waals surface area (Å²) in [5.41, 5.74) is 0.262. The van der Waals surface area contributed by atoms with Gasteiger partial charge < -0.3 is 14.9 Å². The normalized spacial score (nSPS) is 13.8. The number of nitrogens with zero attached hydrogens (tertiary/aromatic N) is 2. The lowest BCUT2D eigenvalue weighted by atomic mass is 10.0. The molecule has 0 aliphatic carbocycles. The summed E-state index contributed by atoms with van der Waals surface area (Å²) in [7, 11) is 0. The molecule has 0 bridgehead atoms. The predicted octanol–water partition coefficient (Wildman–Crippen LogP) is 1.96. The smallest absolute Gasteiger partial charge is 0.223 e. The minimum atomic E-state index is -1.05. The molecule has 0 saturated heterocycles. The molecule has 23 heavy (non-hydrogen) atoms. The fourth-order valence-electron chi connectivity index (χ4n) is 1.94. The summed E-state index contributed by atoms with van der Waals surface area (Å²) < 4.78 is 31.2. The van der Waals surface area contributed by atoms with E-state index in [-0.39, 0.29) is 23.7 Å². The highest BCUT2D eigenvalue weighted by Crippen LogP contribution is 2.21. The van der Waals surface area contributed by atoms with Gasteiger partial charge in [0.25, 0.3) is 0 Å². The number of amides is 1. The summed E-state index contributed by atoms with van der Waals surface area (Å²) in [6.45, 7) is 3.56. The molecule has 2 unspecified atom stereocenters. The van der Waals surface area contributed by atoms with Crippen LogP contribution in [0.25, 0.3) is 0 Å². The highest BCUT2D eigenvalue weighted by atomic mass is 19.2. The highest BCUT2D eigenvalue weighted by Gasteiger charge is 2.24. The largest absolute Gasteiger partial charge is 0.392 e. The number of aliphatic hydroxyl groups excluding tert-OH is 1. The number of nitrogens with one attached hydrogen (secondary N) is 1. The lowest BCUT2D eigenvalue weighted by molar-refractivity contribution is -0.124. The van der Waals surface area contributed by atoms with Crippen molar-refractivity contribution >= 4 is 5.91 Å². The molecular weight excluding hydrogens is 308 g/mol. The van der Waals surface area contributed by atoms with Crippen LogP contribution in [0.5, 0.6) is 0 Å². The van der Waals surface area contributed by atoms with E-state index in [0.717, 1.165) is 18.5 Å². The van der Waals surface area contributed by atoms with Gasteiger partial charge in [0.05, 0.1) is 12.5 Å². The van der Waals surface area contributed by atoms with Crippen LogP contribution in [-0.4, -0.2) is 27.3 Å². The summed E-state index contributed by atoms with van der Waals surface area (Å²) in [4.78, 5) is 15.9. The molecule has 2 N–H and O–H groups in total. The minimum absolute atomic E-state index is 0.0901. The zero-order chi connectivity index (χ0) is 17.0. The predicted molar refractivity (Wildman–Crippen MR) is 76.1 cm³/mol. The van der Waals surface area contributed by atoms with Gasteiger partial charge in [-0.25, -0.2) is 8.78 Å². The van der Waals surface area contributed by atoms with Crippen LogP contribution >= 0.6 is 0 Å². The number of benzene rings is 1. The molecule has 0 aliphatic heterocycles. The topological polar surface area (TPSA) is 88.2 Å². The summed E-state index contributed by atoms with van der Waals surface area (Å²) in [5, 5.41) is 16.0. The Labute approximate surface area is 131 Å². The van der Waals surface area contributed by atoms with Gasteiger partial charge in [-0.15, -0.1) is 0 Å². The Balaban J connectivity index is 2.22. The van der Waals surface area contributed by atoms with Crippen LogP contribution in [0.3, 0.4) is 0 Å². The Bertz CT molecular complexity index is 662. The fraction of sp³-hybridized carbons (Fsp3) is 0.400. The van der Waals surface area contributed by atoms with Crippen LogP contribution in [0.1, 0.15) is 37.7 Å². The molecule has 8 heteroatoms. The molecule has 1 amide bonds. The first kappa shape index (κ1) is 17.0. The first-order valence-corrected chi connectivity index (χ1v) is 7.07. The molecule has 0 saturated carbocycles. The third kappa shape index (κ3) is 4.32. The monoisotopic (exact) mass is 325 g/mol. The molecule has 0 fully saturated rings. The SMILES string of the molecule is CC(C)C(O)CC(=O)NC(c1ccc(F)c(F)c1)c1ncon1. The van der Waals surface area contributed by atoms with E-state index >= 15 is 0 Å². The van der Waals surface area contributed by atoms with Crippen LogP contribution in [0.2, 0.25) is 0 Å². The van der Waals surface area contributed by atoms with Crippen molar-refractivity contribution in [2.45, 2.75) is 32.4 Å². The molecule has 2 rings (SSSR count). The van der Waals surface area contributed by atoms with Gasteiger partial charge in [-0.05, 0) is 23.6 Å². The summed E-state index contributed by atoms with van der Waals surface area (Å²) in [6, 6.07) is 2.32. The van der Waals surface area contributed by atoms with Gasteiger partial charge in [-0.2, -0.15) is 4.98 Å². The van der Waals surface area contributed by atoms with Crippen LogP contribution < -0.4 is 5.32 Å². The number of hydrogen-bond donors (Lipinski definition) is 2. The standard InChI is InChI=1S/C15H17F2N3O3/c1-8(2)12(21)6-13(22)19-14(15-18-7-23-20-15)9-3-4-10(16)11(17)5-9/h3-5,7-8,12,14,21H,6H2,1-2H3,(H,19,22). The number of hydrogen-bond acceptors (Lipinski definition) is 5. The van der Waals surface area contributed by atoms with E-state index in [1.165, 1.54) is 6.07 Å². The van der Waals surface area contributed by atoms with Gasteiger partial charge >= 0.3 is 0 Å². The summed E-state index contributed by atoms with van der Waals surface area (Å²) in [6.07, 6.45) is 0.124. The number of halogens is 2. The molecule has 6 nitrogen and oxygen atoms in total. The Kier molecular flexibility index (Phi) is 5.38. The Morgan fingerprint density at radius 3 is 2.65 bits per heavy atom. The van der Waals surface area contributed by atoms with E-state index in [9.17, 15) is 18.7 Å². The van der Waals surface area contributed by atoms with E-state index in [4.69, 9.17) is 0 Å². The Morgan fingerprint density at radius 1 is 1.35 bits per heavy atom. The van der Waals surface area contributed by atoms with Crippen LogP contribution in [0.15, 0.2) is 29.1 Å². The first-order chi connectivity index (χ1) is 10.9. The third-order valence-corrected chi connectivity index (χ3v) is 3.38. The van der Waals surface area contributed by atoms with Crippen molar-refractivity contribution in [2.24, 2.45) is 5.92 Å². The quantitative estimate of drug-likeness (QED) is 0.847. The molecule has 2 aromatic rings. The number of carbonyl (C=O) groups excluding carboxylic acids is 1. The van der Waals surface area contributed by atoms with Gasteiger partial charge in [-0.1, -0.05) is 25.1 Å². The third-order valence-electron chi connectivity index (χ3n) is 3.38. The maximum Gasteiger partial charge on any atom is 0.223 e. The average Bonchev–Trinajstić information content (AvgIpc) is 3.01. The zero-order valence-corrected chi connectivity index (χ0v) is 12.7. The second-order valence-corrected chi connectivity index (χ2v) is 5.48. The molecule has 0 radical (unpaired) electrons. The molecule has 0 aliphatic rings. The van der Waals surface area contributed by atoms with E-state index < -0.39 is 29.7 Å². The van der Waals surface area contributed by atoms with E-state index in [0.29, 0.717) is 0 Å². The van der Waals surface area contributed by atoms with Crippen LogP contribution in [-0.2, 0) is 4.79 Å². The van der Waals surface area contributed by atoms with Crippen molar-refractivity contribution in [1.82, 2.24) is 15.5 Å². The Morgan fingerprint density at radius 2 is 2.09 bits per heavy atom. The lowest BCUT2D eigenvalue weighted by Crippen LogP contribution is -2.33. The molecule has 1 aromatic heterocycles. The van der Waals surface area contributed by atoms with Crippen molar-refractivity contribution in [3.63, 3.8) is 0 Å². The number of aromatic nitrogens is 2. The van der Waals surface area contributed by atoms with E-state index in [1.807, 2.05) is 0 Å². The molecule has 1 heterocycles. The molecule has 2 atom stereocenters. The van der Waals surface area contributed by atoms with Gasteiger partial charge in [0.1, 0.15) is 6.04 Å². The minimum Gasteiger partial charge on any atom is -0.392 e. The van der Waals surface area contributed by atoms with E-state index in [2.05, 4.69) is 20.0 Å². The first-order valence-electron chi connectivity index (χ1n) is 7.07. The van der Waals surface area contributed by atoms with E-state index in [1.54, 1.807) is 13.8 Å². The molecule has 0 spiro atoms. The van der Waals surface area contributed by atoms with Crippen LogP contribution in [0, 0.1) is 17.6 Å². The highest BCUT2D eigenvalue weighted by molar-refractivity contribution is 5.77. The Hall–Kier alpha value is -2.35. The maximum absolute atomic E-state index is 13.4. The summed E-state index contributed by atoms with van der Waals surface area (Å²) in [5.74, 6) is -2.50. The summed E-state index contributed by atoms with van der Waals surface area (Å²) >= 11 is 0. The average molecular weight is 325 g/mol. The number of carbonyl (C=O) groups is 1. The van der Waals surface area contributed by atoms with Crippen molar-refractivity contribution < 1.29 is 23.2 Å². The zero-order valence-electron chi connectivity index (χ0n) is 12.7. The van der Waals surface area contributed by atoms with Crippen LogP contribution in [0.4, 0.5) is 8.78 Å². The number of rotatable bonds is 6. The van der Waals surface area contributed by atoms with Crippen molar-refractivity contribution in [3.05, 3.63) is 47.6 Å². The molecule has 124 valence electrons. The fourth-order valence-corrected chi connectivity index (χ4v) is 1.94. The van der Waals surface area contributed by atoms with Crippen molar-refractivity contribution in [3.8, 4) is 0 Å². The second kappa shape index (κ2) is 7.28. The maximum atomic E-state index is 13.4. The van der Waals surface area contributed by atoms with Gasteiger partial charge in [0.15, 0.2) is 17.5 Å². The second-order valence-electron chi connectivity index (χ2n) is 5.48. The van der Waals surface area contributed by atoms with Crippen molar-refractivity contribution in [2.75, 3.05) is 0 Å². The van der Waals surface area contributed by atoms with Gasteiger partial charge in [-0.3, -0.25) is 4.79 Å². The van der Waals surface area contributed by atoms with Gasteiger partial charge in [0.2, 0.25) is 12.3 Å². The lowest BCUT2D eigenvalue weighted by Gasteiger charge is -2.19. The van der Waals surface area contributed by atoms with Gasteiger partial charge in [0, 0.05) is 0 Å². The molecule has 1 aromatic carbocycles.